The van der Waals surface area contributed by atoms with E-state index in [1.54, 1.807) is 36.4 Å². The molecular formula is C33H36O8. The zero-order valence-corrected chi connectivity index (χ0v) is 23.5. The molecule has 0 amide bonds. The molecule has 216 valence electrons. The van der Waals surface area contributed by atoms with E-state index < -0.39 is 24.0 Å². The average Bonchev–Trinajstić information content (AvgIpc) is 3.58. The lowest BCUT2D eigenvalue weighted by molar-refractivity contribution is -0.220. The maximum atomic E-state index is 12.9. The molecule has 0 aromatic heterocycles. The lowest BCUT2D eigenvalue weighted by Crippen LogP contribution is -2.34. The maximum absolute atomic E-state index is 12.9. The van der Waals surface area contributed by atoms with Crippen LogP contribution < -0.4 is 14.4 Å². The second kappa shape index (κ2) is 13.8. The van der Waals surface area contributed by atoms with E-state index >= 15 is 0 Å². The van der Waals surface area contributed by atoms with Crippen molar-refractivity contribution >= 4 is 11.9 Å². The van der Waals surface area contributed by atoms with E-state index in [-0.39, 0.29) is 25.2 Å². The average molecular weight is 561 g/mol. The van der Waals surface area contributed by atoms with Crippen LogP contribution >= 0.6 is 0 Å². The summed E-state index contributed by atoms with van der Waals surface area (Å²) in [7, 11) is 0. The van der Waals surface area contributed by atoms with Crippen LogP contribution in [0.15, 0.2) is 72.8 Å². The van der Waals surface area contributed by atoms with Crippen molar-refractivity contribution in [3.05, 3.63) is 89.5 Å². The van der Waals surface area contributed by atoms with Crippen LogP contribution in [0.1, 0.15) is 47.7 Å². The van der Waals surface area contributed by atoms with Crippen LogP contribution in [0.2, 0.25) is 0 Å². The van der Waals surface area contributed by atoms with Crippen LogP contribution in [0.25, 0.3) is 0 Å². The van der Waals surface area contributed by atoms with Crippen molar-refractivity contribution in [1.29, 1.82) is 0 Å². The minimum absolute atomic E-state index is 0.0615. The molecule has 4 atom stereocenters. The summed E-state index contributed by atoms with van der Waals surface area (Å²) in [6.45, 7) is 5.04. The molecule has 8 heteroatoms. The van der Waals surface area contributed by atoms with Crippen LogP contribution in [-0.4, -0.2) is 44.0 Å². The summed E-state index contributed by atoms with van der Waals surface area (Å²) in [6, 6.07) is 21.4. The number of hydrogen-bond acceptors (Lipinski definition) is 8. The molecule has 0 saturated carbocycles. The highest BCUT2D eigenvalue weighted by Crippen LogP contribution is 2.36. The fourth-order valence-electron chi connectivity index (χ4n) is 5.03. The van der Waals surface area contributed by atoms with Gasteiger partial charge in [0.15, 0.2) is 5.75 Å². The normalized spacial score (nSPS) is 21.3. The van der Waals surface area contributed by atoms with Gasteiger partial charge in [-0.1, -0.05) is 49.6 Å². The molecule has 0 N–H and O–H groups in total. The van der Waals surface area contributed by atoms with E-state index in [9.17, 15) is 9.59 Å². The second-order valence-electron chi connectivity index (χ2n) is 10.6. The highest BCUT2D eigenvalue weighted by Gasteiger charge is 2.51. The largest absolute Gasteiger partial charge is 0.426 e. The molecule has 4 unspecified atom stereocenters. The van der Waals surface area contributed by atoms with Crippen molar-refractivity contribution in [2.24, 2.45) is 11.8 Å². The number of carbonyl (C=O) groups excluding carboxylic acids is 2. The molecule has 2 aliphatic rings. The lowest BCUT2D eigenvalue weighted by atomic mass is 9.97. The number of fused-ring (bicyclic) bond motifs is 1. The number of aryl methyl sites for hydroxylation is 2. The van der Waals surface area contributed by atoms with Gasteiger partial charge in [-0.3, -0.25) is 4.79 Å². The van der Waals surface area contributed by atoms with Crippen molar-refractivity contribution in [3.63, 3.8) is 0 Å². The Morgan fingerprint density at radius 3 is 2.15 bits per heavy atom. The zero-order valence-electron chi connectivity index (χ0n) is 23.5. The predicted molar refractivity (Wildman–Crippen MR) is 151 cm³/mol. The molecule has 2 aliphatic heterocycles. The number of esters is 2. The van der Waals surface area contributed by atoms with Crippen LogP contribution in [0.5, 0.6) is 17.2 Å². The summed E-state index contributed by atoms with van der Waals surface area (Å²) in [5, 5.41) is 0. The Balaban J connectivity index is 1.06. The molecule has 0 bridgehead atoms. The minimum atomic E-state index is -0.551. The zero-order chi connectivity index (χ0) is 28.6. The van der Waals surface area contributed by atoms with Crippen molar-refractivity contribution in [2.75, 3.05) is 19.8 Å². The van der Waals surface area contributed by atoms with Gasteiger partial charge in [-0.05, 0) is 73.9 Å². The number of rotatable bonds is 12. The molecule has 0 radical (unpaired) electrons. The van der Waals surface area contributed by atoms with Gasteiger partial charge >= 0.3 is 11.9 Å². The van der Waals surface area contributed by atoms with E-state index in [1.807, 2.05) is 31.2 Å². The Labute approximate surface area is 240 Å². The first-order valence-electron chi connectivity index (χ1n) is 14.2. The third-order valence-corrected chi connectivity index (χ3v) is 7.43. The molecular weight excluding hydrogens is 524 g/mol. The van der Waals surface area contributed by atoms with Gasteiger partial charge in [0.05, 0.1) is 31.0 Å². The Hall–Kier alpha value is -3.72. The number of carbonyl (C=O) groups is 2. The fraction of sp³-hybridized carbons (Fsp3) is 0.394. The van der Waals surface area contributed by atoms with Crippen molar-refractivity contribution < 1.29 is 38.3 Å². The van der Waals surface area contributed by atoms with Crippen molar-refractivity contribution in [2.45, 2.75) is 51.7 Å². The van der Waals surface area contributed by atoms with Gasteiger partial charge in [0.1, 0.15) is 24.0 Å². The van der Waals surface area contributed by atoms with Crippen molar-refractivity contribution in [3.8, 4) is 17.2 Å². The molecule has 2 fully saturated rings. The fourth-order valence-corrected chi connectivity index (χ4v) is 5.03. The second-order valence-corrected chi connectivity index (χ2v) is 10.6. The van der Waals surface area contributed by atoms with Crippen LogP contribution in [0.3, 0.4) is 0 Å². The number of benzene rings is 3. The van der Waals surface area contributed by atoms with E-state index in [0.29, 0.717) is 29.4 Å². The molecule has 5 rings (SSSR count). The first-order valence-corrected chi connectivity index (χ1v) is 14.2. The quantitative estimate of drug-likeness (QED) is 0.0890. The van der Waals surface area contributed by atoms with Gasteiger partial charge in [0.2, 0.25) is 0 Å². The highest BCUT2D eigenvalue weighted by atomic mass is 17.2. The monoisotopic (exact) mass is 560 g/mol. The molecule has 2 saturated heterocycles. The SMILES string of the molecule is CCCCCc1ccc(OOCC2COC3C(C(=O)Oc4ccc(OC(=O)c5ccc(C)cc5)cc4)COC23)cc1. The lowest BCUT2D eigenvalue weighted by Gasteiger charge is -2.16. The standard InChI is InChI=1S/C33H36O8/c1-3-4-5-6-23-9-13-28(14-10-23)41-38-20-25-19-36-31-29(21-37-30(25)31)33(35)40-27-17-15-26(16-18-27)39-32(34)24-11-7-22(2)8-12-24/h7-18,25,29-31H,3-6,19-21H2,1-2H3. The van der Waals surface area contributed by atoms with Gasteiger partial charge < -0.3 is 23.8 Å². The third kappa shape index (κ3) is 7.52. The predicted octanol–water partition coefficient (Wildman–Crippen LogP) is 5.89. The summed E-state index contributed by atoms with van der Waals surface area (Å²) in [5.74, 6) is -0.160. The number of unbranched alkanes of at least 4 members (excludes halogenated alkanes) is 2. The molecule has 3 aromatic carbocycles. The first-order chi connectivity index (χ1) is 20.0. The van der Waals surface area contributed by atoms with Gasteiger partial charge in [-0.15, -0.1) is 0 Å². The topological polar surface area (TPSA) is 89.5 Å². The molecule has 41 heavy (non-hydrogen) atoms. The maximum Gasteiger partial charge on any atom is 0.343 e. The smallest absolute Gasteiger partial charge is 0.343 e. The van der Waals surface area contributed by atoms with E-state index in [2.05, 4.69) is 19.1 Å². The summed E-state index contributed by atoms with van der Waals surface area (Å²) < 4.78 is 22.8. The van der Waals surface area contributed by atoms with Crippen LogP contribution in [0.4, 0.5) is 0 Å². The summed E-state index contributed by atoms with van der Waals surface area (Å²) >= 11 is 0. The Morgan fingerprint density at radius 2 is 1.44 bits per heavy atom. The summed E-state index contributed by atoms with van der Waals surface area (Å²) in [4.78, 5) is 36.2. The van der Waals surface area contributed by atoms with Crippen LogP contribution in [0, 0.1) is 18.8 Å². The van der Waals surface area contributed by atoms with Gasteiger partial charge in [-0.2, -0.15) is 4.89 Å². The number of hydrogen-bond donors (Lipinski definition) is 0. The Kier molecular flexibility index (Phi) is 9.67. The minimum Gasteiger partial charge on any atom is -0.426 e. The van der Waals surface area contributed by atoms with Crippen molar-refractivity contribution in [1.82, 2.24) is 0 Å². The van der Waals surface area contributed by atoms with Crippen LogP contribution in [-0.2, 0) is 25.6 Å². The van der Waals surface area contributed by atoms with E-state index in [4.69, 9.17) is 28.7 Å². The highest BCUT2D eigenvalue weighted by molar-refractivity contribution is 5.91. The molecule has 3 aromatic rings. The molecule has 8 nitrogen and oxygen atoms in total. The molecule has 2 heterocycles. The van der Waals surface area contributed by atoms with E-state index in [0.717, 1.165) is 12.0 Å². The first kappa shape index (κ1) is 28.8. The Bertz CT molecular complexity index is 1290. The number of ether oxygens (including phenoxy) is 4. The van der Waals surface area contributed by atoms with Gasteiger partial charge in [0.25, 0.3) is 0 Å². The summed E-state index contributed by atoms with van der Waals surface area (Å²) in [6.07, 6.45) is 4.00. The van der Waals surface area contributed by atoms with Gasteiger partial charge in [-0.25, -0.2) is 4.79 Å². The van der Waals surface area contributed by atoms with Gasteiger partial charge in [0, 0.05) is 5.92 Å². The molecule has 0 aliphatic carbocycles. The third-order valence-electron chi connectivity index (χ3n) is 7.43. The molecule has 0 spiro atoms. The Morgan fingerprint density at radius 1 is 0.780 bits per heavy atom. The summed E-state index contributed by atoms with van der Waals surface area (Å²) in [5.41, 5.74) is 2.80. The van der Waals surface area contributed by atoms with E-state index in [1.165, 1.54) is 24.8 Å².